The average Bonchev–Trinajstić information content (AvgIpc) is 3.05. The van der Waals surface area contributed by atoms with Crippen molar-refractivity contribution in [1.82, 2.24) is 10.2 Å². The van der Waals surface area contributed by atoms with Crippen molar-refractivity contribution in [3.63, 3.8) is 0 Å². The van der Waals surface area contributed by atoms with Crippen LogP contribution in [0.1, 0.15) is 31.9 Å². The normalized spacial score (nSPS) is 12.1. The van der Waals surface area contributed by atoms with Gasteiger partial charge in [0.2, 0.25) is 11.8 Å². The minimum absolute atomic E-state index is 0.00774. The van der Waals surface area contributed by atoms with E-state index < -0.39 is 34.1 Å². The molecule has 248 valence electrons. The van der Waals surface area contributed by atoms with E-state index in [1.807, 2.05) is 75.4 Å². The first-order valence-corrected chi connectivity index (χ1v) is 17.3. The third-order valence-corrected chi connectivity index (χ3v) is 9.62. The van der Waals surface area contributed by atoms with Crippen molar-refractivity contribution >= 4 is 43.5 Å². The van der Waals surface area contributed by atoms with E-state index >= 15 is 0 Å². The molecule has 0 spiro atoms. The van der Waals surface area contributed by atoms with E-state index in [2.05, 4.69) is 21.2 Å². The van der Waals surface area contributed by atoms with E-state index in [1.165, 1.54) is 37.3 Å². The molecule has 0 saturated carbocycles. The van der Waals surface area contributed by atoms with Crippen LogP contribution < -0.4 is 19.1 Å². The van der Waals surface area contributed by atoms with Crippen molar-refractivity contribution in [2.24, 2.45) is 0 Å². The number of nitrogens with one attached hydrogen (secondary N) is 1. The van der Waals surface area contributed by atoms with Crippen LogP contribution in [-0.4, -0.2) is 57.5 Å². The number of hydrogen-bond acceptors (Lipinski definition) is 6. The number of halogens is 1. The zero-order valence-corrected chi connectivity index (χ0v) is 29.5. The predicted molar refractivity (Wildman–Crippen MR) is 187 cm³/mol. The molecule has 0 aliphatic carbocycles. The van der Waals surface area contributed by atoms with Crippen LogP contribution in [0.4, 0.5) is 5.69 Å². The minimum Gasteiger partial charge on any atom is -0.493 e. The number of benzene rings is 4. The first-order valence-electron chi connectivity index (χ1n) is 15.0. The molecule has 9 nitrogen and oxygen atoms in total. The van der Waals surface area contributed by atoms with Gasteiger partial charge < -0.3 is 19.7 Å². The number of hydrogen-bond donors (Lipinski definition) is 1. The second-order valence-corrected chi connectivity index (χ2v) is 14.7. The quantitative estimate of drug-likeness (QED) is 0.176. The van der Waals surface area contributed by atoms with E-state index in [0.29, 0.717) is 11.5 Å². The minimum atomic E-state index is -4.26. The summed E-state index contributed by atoms with van der Waals surface area (Å²) in [5, 5.41) is 3.04. The summed E-state index contributed by atoms with van der Waals surface area (Å²) in [5.74, 6) is -0.218. The monoisotopic (exact) mass is 721 g/mol. The van der Waals surface area contributed by atoms with Crippen molar-refractivity contribution in [1.29, 1.82) is 0 Å². The average molecular weight is 723 g/mol. The van der Waals surface area contributed by atoms with Gasteiger partial charge in [-0.05, 0) is 68.3 Å². The molecule has 4 aromatic carbocycles. The molecule has 2 amide bonds. The van der Waals surface area contributed by atoms with Gasteiger partial charge >= 0.3 is 0 Å². The molecule has 11 heteroatoms. The molecule has 4 rings (SSSR count). The number of ether oxygens (including phenoxy) is 2. The van der Waals surface area contributed by atoms with Gasteiger partial charge in [-0.15, -0.1) is 0 Å². The molecule has 0 heterocycles. The topological polar surface area (TPSA) is 105 Å². The number of nitrogens with zero attached hydrogens (tertiary/aromatic N) is 2. The van der Waals surface area contributed by atoms with Crippen LogP contribution in [0.25, 0.3) is 0 Å². The Hall–Kier alpha value is -4.35. The molecular weight excluding hydrogens is 682 g/mol. The highest BCUT2D eigenvalue weighted by Crippen LogP contribution is 2.34. The highest BCUT2D eigenvalue weighted by atomic mass is 79.9. The standard InChI is InChI=1S/C36H40BrN3O6S/c1-36(2,3)38-35(42)31(22-26-12-8-6-9-13-26)39(24-27-16-18-28(37)19-17-27)34(41)25-40(47(43,44)30-14-10-7-11-15-30)29-20-21-32(45-4)33(23-29)46-5/h6-21,23,31H,22,24-25H2,1-5H3,(H,38,42)/t31-/m0/s1. The fourth-order valence-electron chi connectivity index (χ4n) is 5.02. The van der Waals surface area contributed by atoms with Gasteiger partial charge in [0.1, 0.15) is 12.6 Å². The number of anilines is 1. The first kappa shape index (κ1) is 35.5. The second-order valence-electron chi connectivity index (χ2n) is 12.0. The molecule has 1 N–H and O–H groups in total. The van der Waals surface area contributed by atoms with Crippen LogP contribution >= 0.6 is 15.9 Å². The number of amides is 2. The highest BCUT2D eigenvalue weighted by Gasteiger charge is 2.36. The van der Waals surface area contributed by atoms with Crippen molar-refractivity contribution in [2.45, 2.75) is 50.2 Å². The molecule has 0 unspecified atom stereocenters. The maximum absolute atomic E-state index is 14.6. The zero-order chi connectivity index (χ0) is 34.2. The Morgan fingerprint density at radius 2 is 1.40 bits per heavy atom. The molecule has 0 saturated heterocycles. The van der Waals surface area contributed by atoms with E-state index in [-0.39, 0.29) is 29.5 Å². The lowest BCUT2D eigenvalue weighted by atomic mass is 10.0. The summed E-state index contributed by atoms with van der Waals surface area (Å²) >= 11 is 3.46. The highest BCUT2D eigenvalue weighted by molar-refractivity contribution is 9.10. The Morgan fingerprint density at radius 3 is 1.98 bits per heavy atom. The molecular formula is C36H40BrN3O6S. The van der Waals surface area contributed by atoms with Crippen LogP contribution in [0.3, 0.4) is 0 Å². The molecule has 0 bridgehead atoms. The molecule has 1 atom stereocenters. The van der Waals surface area contributed by atoms with Gasteiger partial charge in [0.25, 0.3) is 10.0 Å². The summed E-state index contributed by atoms with van der Waals surface area (Å²) in [6.07, 6.45) is 0.215. The van der Waals surface area contributed by atoms with Crippen LogP contribution in [0.15, 0.2) is 112 Å². The van der Waals surface area contributed by atoms with Crippen LogP contribution in [-0.2, 0) is 32.6 Å². The Balaban J connectivity index is 1.84. The maximum atomic E-state index is 14.6. The van der Waals surface area contributed by atoms with Crippen LogP contribution in [0.2, 0.25) is 0 Å². The maximum Gasteiger partial charge on any atom is 0.264 e. The lowest BCUT2D eigenvalue weighted by Crippen LogP contribution is -2.56. The summed E-state index contributed by atoms with van der Waals surface area (Å²) in [7, 11) is -1.33. The van der Waals surface area contributed by atoms with E-state index in [4.69, 9.17) is 9.47 Å². The molecule has 4 aromatic rings. The summed E-state index contributed by atoms with van der Waals surface area (Å²) < 4.78 is 41.2. The first-order chi connectivity index (χ1) is 22.3. The Bertz CT molecular complexity index is 1760. The Kier molecular flexibility index (Phi) is 11.7. The summed E-state index contributed by atoms with van der Waals surface area (Å²) in [6, 6.07) is 28.5. The second kappa shape index (κ2) is 15.5. The molecule has 0 radical (unpaired) electrons. The van der Waals surface area contributed by atoms with Crippen molar-refractivity contribution in [2.75, 3.05) is 25.1 Å². The Labute approximate surface area is 285 Å². The number of methoxy groups -OCH3 is 2. The lowest BCUT2D eigenvalue weighted by molar-refractivity contribution is -0.140. The largest absolute Gasteiger partial charge is 0.493 e. The summed E-state index contributed by atoms with van der Waals surface area (Å²) in [4.78, 5) is 30.1. The molecule has 0 fully saturated rings. The fraction of sp³-hybridized carbons (Fsp3) is 0.278. The van der Waals surface area contributed by atoms with Crippen molar-refractivity contribution in [3.05, 3.63) is 119 Å². The number of rotatable bonds is 13. The van der Waals surface area contributed by atoms with Gasteiger partial charge in [-0.2, -0.15) is 0 Å². The SMILES string of the molecule is COc1ccc(N(CC(=O)N(Cc2ccc(Br)cc2)[C@@H](Cc2ccccc2)C(=O)NC(C)(C)C)S(=O)(=O)c2ccccc2)cc1OC. The van der Waals surface area contributed by atoms with E-state index in [9.17, 15) is 18.0 Å². The van der Waals surface area contributed by atoms with Crippen molar-refractivity contribution < 1.29 is 27.5 Å². The fourth-order valence-corrected chi connectivity index (χ4v) is 6.71. The third-order valence-electron chi connectivity index (χ3n) is 7.30. The van der Waals surface area contributed by atoms with Gasteiger partial charge in [-0.3, -0.25) is 13.9 Å². The third kappa shape index (κ3) is 9.36. The lowest BCUT2D eigenvalue weighted by Gasteiger charge is -2.35. The predicted octanol–water partition coefficient (Wildman–Crippen LogP) is 6.22. The molecule has 47 heavy (non-hydrogen) atoms. The summed E-state index contributed by atoms with van der Waals surface area (Å²) in [6.45, 7) is 5.09. The number of carbonyl (C=O) groups excluding carboxylic acids is 2. The van der Waals surface area contributed by atoms with Crippen LogP contribution in [0.5, 0.6) is 11.5 Å². The zero-order valence-electron chi connectivity index (χ0n) is 27.1. The van der Waals surface area contributed by atoms with Gasteiger partial charge in [-0.1, -0.05) is 76.6 Å². The van der Waals surface area contributed by atoms with Gasteiger partial charge in [0.15, 0.2) is 11.5 Å². The van der Waals surface area contributed by atoms with Crippen LogP contribution in [0, 0.1) is 0 Å². The van der Waals surface area contributed by atoms with E-state index in [1.54, 1.807) is 30.3 Å². The van der Waals surface area contributed by atoms with Gasteiger partial charge in [0, 0.05) is 29.0 Å². The molecule has 0 aliphatic rings. The Morgan fingerprint density at radius 1 is 0.809 bits per heavy atom. The van der Waals surface area contributed by atoms with Gasteiger partial charge in [0.05, 0.1) is 24.8 Å². The summed E-state index contributed by atoms with van der Waals surface area (Å²) in [5.41, 5.74) is 1.23. The van der Waals surface area contributed by atoms with E-state index in [0.717, 1.165) is 19.9 Å². The number of carbonyl (C=O) groups is 2. The molecule has 0 aromatic heterocycles. The molecule has 0 aliphatic heterocycles. The smallest absolute Gasteiger partial charge is 0.264 e. The van der Waals surface area contributed by atoms with Crippen molar-refractivity contribution in [3.8, 4) is 11.5 Å². The number of sulfonamides is 1. The van der Waals surface area contributed by atoms with Gasteiger partial charge in [-0.25, -0.2) is 8.42 Å².